The predicted molar refractivity (Wildman–Crippen MR) is 262 cm³/mol. The van der Waals surface area contributed by atoms with E-state index in [9.17, 15) is 0 Å². The van der Waals surface area contributed by atoms with Gasteiger partial charge in [0.25, 0.3) is 0 Å². The van der Waals surface area contributed by atoms with Crippen molar-refractivity contribution in [2.24, 2.45) is 0 Å². The van der Waals surface area contributed by atoms with Crippen LogP contribution in [-0.4, -0.2) is 0 Å². The van der Waals surface area contributed by atoms with Crippen molar-refractivity contribution in [1.29, 1.82) is 0 Å². The molecule has 0 bridgehead atoms. The van der Waals surface area contributed by atoms with Gasteiger partial charge in [0.2, 0.25) is 0 Å². The van der Waals surface area contributed by atoms with Crippen LogP contribution in [0, 0.1) is 0 Å². The van der Waals surface area contributed by atoms with Gasteiger partial charge < -0.3 is 13.7 Å². The first-order chi connectivity index (χ1) is 30.8. The van der Waals surface area contributed by atoms with E-state index in [0.29, 0.717) is 5.92 Å². The summed E-state index contributed by atoms with van der Waals surface area (Å²) in [4.78, 5) is 2.46. The maximum Gasteiger partial charge on any atom is 0.144 e. The molecule has 302 valence electrons. The molecule has 1 atom stereocenters. The summed E-state index contributed by atoms with van der Waals surface area (Å²) in [6, 6.07) is 61.7. The average molecular weight is 812 g/mol. The minimum atomic E-state index is -0.167. The molecule has 13 rings (SSSR count). The van der Waals surface area contributed by atoms with Crippen molar-refractivity contribution < 1.29 is 8.83 Å². The van der Waals surface area contributed by atoms with Gasteiger partial charge in [0, 0.05) is 49.7 Å². The van der Waals surface area contributed by atoms with Crippen LogP contribution in [0.3, 0.4) is 0 Å². The zero-order valence-electron chi connectivity index (χ0n) is 35.9. The fourth-order valence-electron chi connectivity index (χ4n) is 11.7. The molecule has 2 aromatic heterocycles. The molecule has 0 spiro atoms. The van der Waals surface area contributed by atoms with Crippen LogP contribution in [0.1, 0.15) is 67.9 Å². The third-order valence-corrected chi connectivity index (χ3v) is 14.7. The molecule has 10 aromatic rings. The minimum Gasteiger partial charge on any atom is -0.456 e. The zero-order valence-corrected chi connectivity index (χ0v) is 35.9. The second kappa shape index (κ2) is 13.1. The number of anilines is 3. The maximum atomic E-state index is 7.28. The Hall–Kier alpha value is -7.36. The van der Waals surface area contributed by atoms with Gasteiger partial charge in [0.15, 0.2) is 0 Å². The number of para-hydroxylation sites is 2. The van der Waals surface area contributed by atoms with Crippen LogP contribution in [0.2, 0.25) is 0 Å². The molecule has 3 aliphatic carbocycles. The summed E-state index contributed by atoms with van der Waals surface area (Å²) in [5.74, 6) is 0.362. The van der Waals surface area contributed by atoms with Crippen molar-refractivity contribution in [3.05, 3.63) is 215 Å². The van der Waals surface area contributed by atoms with Crippen LogP contribution in [0.5, 0.6) is 0 Å². The van der Waals surface area contributed by atoms with Gasteiger partial charge in [-0.05, 0) is 93.4 Å². The number of fused-ring (bicyclic) bond motifs is 12. The summed E-state index contributed by atoms with van der Waals surface area (Å²) in [5.41, 5.74) is 20.7. The lowest BCUT2D eigenvalue weighted by atomic mass is 9.76. The molecule has 0 aliphatic heterocycles. The molecule has 0 saturated heterocycles. The second-order valence-corrected chi connectivity index (χ2v) is 18.7. The summed E-state index contributed by atoms with van der Waals surface area (Å²) in [6.45, 7) is 9.49. The normalized spacial score (nSPS) is 16.8. The topological polar surface area (TPSA) is 29.5 Å². The Balaban J connectivity index is 1.10. The van der Waals surface area contributed by atoms with Crippen molar-refractivity contribution in [2.45, 2.75) is 50.9 Å². The Morgan fingerprint density at radius 1 is 0.508 bits per heavy atom. The quantitative estimate of drug-likeness (QED) is 0.173. The van der Waals surface area contributed by atoms with E-state index >= 15 is 0 Å². The first-order valence-electron chi connectivity index (χ1n) is 22.3. The molecule has 0 radical (unpaired) electrons. The van der Waals surface area contributed by atoms with E-state index < -0.39 is 0 Å². The highest BCUT2D eigenvalue weighted by Gasteiger charge is 2.42. The highest BCUT2D eigenvalue weighted by Crippen LogP contribution is 2.57. The lowest BCUT2D eigenvalue weighted by molar-refractivity contribution is 0.613. The average Bonchev–Trinajstić information content (AvgIpc) is 4.01. The fraction of sp³-hybridized carbons (Fsp3) is 0.133. The van der Waals surface area contributed by atoms with Crippen molar-refractivity contribution in [3.63, 3.8) is 0 Å². The largest absolute Gasteiger partial charge is 0.456 e. The summed E-state index contributed by atoms with van der Waals surface area (Å²) in [6.07, 6.45) is 5.86. The van der Waals surface area contributed by atoms with E-state index in [1.54, 1.807) is 0 Å². The fourth-order valence-corrected chi connectivity index (χ4v) is 11.7. The van der Waals surface area contributed by atoms with Crippen LogP contribution in [0.4, 0.5) is 17.1 Å². The van der Waals surface area contributed by atoms with E-state index in [1.165, 1.54) is 44.5 Å². The van der Waals surface area contributed by atoms with Gasteiger partial charge in [-0.15, -0.1) is 0 Å². The van der Waals surface area contributed by atoms with E-state index in [0.717, 1.165) is 84.1 Å². The molecule has 0 N–H and O–H groups in total. The molecular weight excluding hydrogens is 767 g/mol. The standard InChI is InChI=1S/C60H45NO2/c1-59(2)46-23-12-8-20-40(46)42-31-29-37(33-48(42)59)55-57-44-22-11-15-27-52(44)62-54(57)35-45-56-51(26-16-28-53(56)63-58(45)55)61(50-25-14-10-19-39(50)36-17-6-5-7-18-36)38-30-32-43-41-21-9-13-24-47(41)60(3,4)49(43)34-38/h5-30,32-35,42H,31H2,1-4H3. The molecule has 2 heterocycles. The number of nitrogens with zero attached hydrogens (tertiary/aromatic N) is 1. The van der Waals surface area contributed by atoms with E-state index in [1.807, 2.05) is 0 Å². The van der Waals surface area contributed by atoms with Gasteiger partial charge in [-0.25, -0.2) is 0 Å². The van der Waals surface area contributed by atoms with Crippen LogP contribution in [0.15, 0.2) is 196 Å². The third kappa shape index (κ3) is 5.08. The minimum absolute atomic E-state index is 0.0915. The van der Waals surface area contributed by atoms with Gasteiger partial charge in [0.05, 0.1) is 16.8 Å². The van der Waals surface area contributed by atoms with E-state index in [4.69, 9.17) is 8.83 Å². The molecule has 3 aliphatic rings. The molecule has 1 unspecified atom stereocenters. The zero-order chi connectivity index (χ0) is 42.2. The lowest BCUT2D eigenvalue weighted by Gasteiger charge is -2.30. The van der Waals surface area contributed by atoms with Gasteiger partial charge in [-0.1, -0.05) is 173 Å². The van der Waals surface area contributed by atoms with Crippen molar-refractivity contribution in [1.82, 2.24) is 0 Å². The van der Waals surface area contributed by atoms with Crippen LogP contribution in [0.25, 0.3) is 71.7 Å². The Morgan fingerprint density at radius 2 is 1.21 bits per heavy atom. The SMILES string of the molecule is CC1(C)C2=CC(c3c4oc5cccc(N(c6ccc7c(c6)C(C)(C)c6ccccc6-7)c6ccccc6-c6ccccc6)c5c4cc4oc5ccccc5c34)=CCC2c2ccccc21. The number of hydrogen-bond acceptors (Lipinski definition) is 3. The van der Waals surface area contributed by atoms with Crippen LogP contribution >= 0.6 is 0 Å². The number of allylic oxidation sites excluding steroid dienone is 4. The third-order valence-electron chi connectivity index (χ3n) is 14.7. The van der Waals surface area contributed by atoms with Crippen LogP contribution in [-0.2, 0) is 10.8 Å². The Labute approximate surface area is 367 Å². The molecule has 0 amide bonds. The molecular formula is C60H45NO2. The molecule has 8 aromatic carbocycles. The monoisotopic (exact) mass is 811 g/mol. The smallest absolute Gasteiger partial charge is 0.144 e. The molecule has 3 heteroatoms. The summed E-state index contributed by atoms with van der Waals surface area (Å²) < 4.78 is 14.1. The van der Waals surface area contributed by atoms with Crippen molar-refractivity contribution in [3.8, 4) is 22.3 Å². The predicted octanol–water partition coefficient (Wildman–Crippen LogP) is 16.7. The van der Waals surface area contributed by atoms with E-state index in [-0.39, 0.29) is 10.8 Å². The first kappa shape index (κ1) is 36.3. The molecule has 0 saturated carbocycles. The van der Waals surface area contributed by atoms with Crippen molar-refractivity contribution >= 4 is 66.5 Å². The molecule has 0 fully saturated rings. The highest BCUT2D eigenvalue weighted by molar-refractivity contribution is 6.24. The van der Waals surface area contributed by atoms with E-state index in [2.05, 4.69) is 215 Å². The van der Waals surface area contributed by atoms with Gasteiger partial charge in [0.1, 0.15) is 22.3 Å². The number of rotatable bonds is 5. The van der Waals surface area contributed by atoms with Gasteiger partial charge >= 0.3 is 0 Å². The molecule has 63 heavy (non-hydrogen) atoms. The summed E-state index contributed by atoms with van der Waals surface area (Å²) >= 11 is 0. The Bertz CT molecular complexity index is 3610. The van der Waals surface area contributed by atoms with Crippen molar-refractivity contribution in [2.75, 3.05) is 4.90 Å². The van der Waals surface area contributed by atoms with Gasteiger partial charge in [-0.3, -0.25) is 0 Å². The Kier molecular flexibility index (Phi) is 7.54. The Morgan fingerprint density at radius 3 is 2.08 bits per heavy atom. The second-order valence-electron chi connectivity index (χ2n) is 18.7. The molecule has 3 nitrogen and oxygen atoms in total. The summed E-state index contributed by atoms with van der Waals surface area (Å²) in [7, 11) is 0. The lowest BCUT2D eigenvalue weighted by Crippen LogP contribution is -2.17. The number of benzene rings is 8. The van der Waals surface area contributed by atoms with Crippen LogP contribution < -0.4 is 4.90 Å². The summed E-state index contributed by atoms with van der Waals surface area (Å²) in [5, 5.41) is 4.28. The number of hydrogen-bond donors (Lipinski definition) is 0. The van der Waals surface area contributed by atoms with Gasteiger partial charge in [-0.2, -0.15) is 0 Å². The highest BCUT2D eigenvalue weighted by atomic mass is 16.3. The number of furan rings is 2. The first-order valence-corrected chi connectivity index (χ1v) is 22.3. The maximum absolute atomic E-state index is 7.28.